The Morgan fingerprint density at radius 1 is 1.18 bits per heavy atom. The number of amides is 1. The van der Waals surface area contributed by atoms with Gasteiger partial charge in [0.2, 0.25) is 5.82 Å². The minimum atomic E-state index is -0.897. The second kappa shape index (κ2) is 9.62. The van der Waals surface area contributed by atoms with Crippen molar-refractivity contribution >= 4 is 29.2 Å². The van der Waals surface area contributed by atoms with Crippen LogP contribution in [0, 0.1) is 23.5 Å². The summed E-state index contributed by atoms with van der Waals surface area (Å²) < 4.78 is 49.0. The summed E-state index contributed by atoms with van der Waals surface area (Å²) in [5.74, 6) is -2.64. The number of ether oxygens (including phenoxy) is 3. The summed E-state index contributed by atoms with van der Waals surface area (Å²) in [6.45, 7) is 3.32. The molecule has 2 bridgehead atoms. The van der Waals surface area contributed by atoms with E-state index in [9.17, 15) is 9.18 Å². The molecule has 1 aliphatic carbocycles. The molecule has 0 radical (unpaired) electrons. The quantitative estimate of drug-likeness (QED) is 0.492. The Hall–Kier alpha value is -3.58. The molecule has 3 fully saturated rings. The molecule has 2 unspecified atom stereocenters. The molecule has 1 N–H and O–H groups in total. The summed E-state index contributed by atoms with van der Waals surface area (Å²) >= 11 is 6.28. The predicted octanol–water partition coefficient (Wildman–Crippen LogP) is 3.75. The van der Waals surface area contributed by atoms with E-state index in [0.29, 0.717) is 32.0 Å². The first-order valence-electron chi connectivity index (χ1n) is 12.1. The molecule has 2 saturated heterocycles. The molecule has 4 heterocycles. The van der Waals surface area contributed by atoms with Gasteiger partial charge in [-0.3, -0.25) is 0 Å². The van der Waals surface area contributed by atoms with Crippen LogP contribution in [0.25, 0.3) is 5.69 Å². The third-order valence-electron chi connectivity index (χ3n) is 7.01. The fourth-order valence-electron chi connectivity index (χ4n) is 4.72. The standard InChI is InChI=1S/C24H24ClF2N7O4/c1-24(2-3-24)38-23(35)33-6-13-8-36-9-14(7-33)20(13)37-22-18(27)21(29-11-30-22)32-19-16(25)4-15(5-17(19)26)34-12-28-10-31-34/h4-5,10-14,20H,2-3,6-9H2,1H3,(H,29,30,32). The summed E-state index contributed by atoms with van der Waals surface area (Å²) in [6.07, 6.45) is 4.74. The number of nitrogens with zero attached hydrogens (tertiary/aromatic N) is 6. The lowest BCUT2D eigenvalue weighted by atomic mass is 9.84. The van der Waals surface area contributed by atoms with Crippen LogP contribution >= 0.6 is 11.6 Å². The van der Waals surface area contributed by atoms with Crippen LogP contribution in [0.3, 0.4) is 0 Å². The van der Waals surface area contributed by atoms with Crippen molar-refractivity contribution in [3.63, 3.8) is 0 Å². The van der Waals surface area contributed by atoms with Crippen LogP contribution in [0.2, 0.25) is 5.02 Å². The van der Waals surface area contributed by atoms with Crippen LogP contribution in [-0.2, 0) is 9.47 Å². The highest BCUT2D eigenvalue weighted by Crippen LogP contribution is 2.40. The van der Waals surface area contributed by atoms with Crippen molar-refractivity contribution in [2.75, 3.05) is 31.6 Å². The van der Waals surface area contributed by atoms with Gasteiger partial charge in [-0.1, -0.05) is 11.6 Å². The summed E-state index contributed by atoms with van der Waals surface area (Å²) in [6, 6.07) is 2.64. The van der Waals surface area contributed by atoms with Crippen LogP contribution < -0.4 is 10.1 Å². The molecule has 2 aromatic heterocycles. The Kier molecular flexibility index (Phi) is 6.26. The molecule has 0 spiro atoms. The molecule has 3 aromatic rings. The SMILES string of the molecule is CC1(OC(=O)N2CC3COCC(C2)C3Oc2ncnc(Nc3c(F)cc(-n4cncn4)cc3Cl)c2F)CC1. The molecule has 1 aromatic carbocycles. The molecule has 38 heavy (non-hydrogen) atoms. The largest absolute Gasteiger partial charge is 0.471 e. The summed E-state index contributed by atoms with van der Waals surface area (Å²) in [5, 5.41) is 6.54. The van der Waals surface area contributed by atoms with Crippen LogP contribution in [-0.4, -0.2) is 73.7 Å². The Labute approximate surface area is 221 Å². The molecule has 2 aliphatic heterocycles. The number of aromatic nitrogens is 5. The van der Waals surface area contributed by atoms with Gasteiger partial charge in [0.1, 0.15) is 36.5 Å². The van der Waals surface area contributed by atoms with Gasteiger partial charge in [0, 0.05) is 31.0 Å². The van der Waals surface area contributed by atoms with E-state index < -0.39 is 17.7 Å². The van der Waals surface area contributed by atoms with E-state index >= 15 is 4.39 Å². The van der Waals surface area contributed by atoms with Crippen molar-refractivity contribution in [3.05, 3.63) is 47.8 Å². The van der Waals surface area contributed by atoms with Crippen LogP contribution in [0.1, 0.15) is 19.8 Å². The zero-order valence-corrected chi connectivity index (χ0v) is 21.1. The van der Waals surface area contributed by atoms with Gasteiger partial charge in [-0.2, -0.15) is 14.5 Å². The zero-order valence-electron chi connectivity index (χ0n) is 20.3. The van der Waals surface area contributed by atoms with E-state index in [2.05, 4.69) is 25.4 Å². The van der Waals surface area contributed by atoms with Gasteiger partial charge in [0.15, 0.2) is 5.82 Å². The van der Waals surface area contributed by atoms with Gasteiger partial charge < -0.3 is 24.4 Å². The third kappa shape index (κ3) is 4.83. The molecule has 1 amide bonds. The van der Waals surface area contributed by atoms with Crippen molar-refractivity contribution in [2.45, 2.75) is 31.5 Å². The van der Waals surface area contributed by atoms with Gasteiger partial charge in [-0.15, -0.1) is 0 Å². The van der Waals surface area contributed by atoms with Crippen molar-refractivity contribution in [1.82, 2.24) is 29.6 Å². The number of anilines is 2. The maximum Gasteiger partial charge on any atom is 0.410 e. The fourth-order valence-corrected chi connectivity index (χ4v) is 4.97. The molecule has 14 heteroatoms. The van der Waals surface area contributed by atoms with Crippen molar-refractivity contribution in [1.29, 1.82) is 0 Å². The third-order valence-corrected chi connectivity index (χ3v) is 7.31. The Morgan fingerprint density at radius 2 is 1.95 bits per heavy atom. The van der Waals surface area contributed by atoms with Gasteiger partial charge >= 0.3 is 6.09 Å². The van der Waals surface area contributed by atoms with Crippen molar-refractivity contribution < 1.29 is 27.8 Å². The lowest BCUT2D eigenvalue weighted by Gasteiger charge is -2.46. The minimum absolute atomic E-state index is 0.0121. The number of carbonyl (C=O) groups excluding carboxylic acids is 1. The Bertz CT molecular complexity index is 1320. The number of rotatable bonds is 6. The average Bonchev–Trinajstić information content (AvgIpc) is 3.35. The van der Waals surface area contributed by atoms with Crippen LogP contribution in [0.4, 0.5) is 25.1 Å². The second-order valence-corrected chi connectivity index (χ2v) is 10.4. The highest BCUT2D eigenvalue weighted by Gasteiger charge is 2.47. The highest BCUT2D eigenvalue weighted by molar-refractivity contribution is 6.33. The van der Waals surface area contributed by atoms with E-state index in [1.165, 1.54) is 29.5 Å². The van der Waals surface area contributed by atoms with E-state index in [4.69, 9.17) is 25.8 Å². The van der Waals surface area contributed by atoms with E-state index in [1.807, 2.05) is 6.92 Å². The smallest absolute Gasteiger partial charge is 0.410 e. The monoisotopic (exact) mass is 547 g/mol. The molecule has 6 rings (SSSR count). The van der Waals surface area contributed by atoms with E-state index in [-0.39, 0.29) is 45.9 Å². The van der Waals surface area contributed by atoms with Gasteiger partial charge in [0.25, 0.3) is 5.88 Å². The molecule has 11 nitrogen and oxygen atoms in total. The number of piperidine rings is 1. The maximum absolute atomic E-state index is 15.4. The first-order chi connectivity index (χ1) is 18.3. The summed E-state index contributed by atoms with van der Waals surface area (Å²) in [4.78, 5) is 26.0. The molecule has 3 aliphatic rings. The first-order valence-corrected chi connectivity index (χ1v) is 12.5. The maximum atomic E-state index is 15.4. The second-order valence-electron chi connectivity index (χ2n) is 9.95. The number of hydrogen-bond donors (Lipinski definition) is 1. The van der Waals surface area contributed by atoms with Gasteiger partial charge in [-0.25, -0.2) is 23.8 Å². The topological polar surface area (TPSA) is 117 Å². The van der Waals surface area contributed by atoms with E-state index in [1.54, 1.807) is 4.90 Å². The van der Waals surface area contributed by atoms with Crippen LogP contribution in [0.5, 0.6) is 5.88 Å². The number of fused-ring (bicyclic) bond motifs is 2. The van der Waals surface area contributed by atoms with Crippen molar-refractivity contribution in [3.8, 4) is 11.6 Å². The lowest BCUT2D eigenvalue weighted by molar-refractivity contribution is -0.112. The number of benzene rings is 1. The Balaban J connectivity index is 1.18. The van der Waals surface area contributed by atoms with E-state index in [0.717, 1.165) is 19.2 Å². The molecular formula is C24H24ClF2N7O4. The lowest BCUT2D eigenvalue weighted by Crippen LogP contribution is -2.59. The summed E-state index contributed by atoms with van der Waals surface area (Å²) in [7, 11) is 0. The van der Waals surface area contributed by atoms with Gasteiger partial charge in [-0.05, 0) is 25.8 Å². The molecule has 2 atom stereocenters. The minimum Gasteiger partial charge on any atom is -0.471 e. The molecular weight excluding hydrogens is 524 g/mol. The van der Waals surface area contributed by atoms with Crippen LogP contribution in [0.15, 0.2) is 31.1 Å². The average molecular weight is 548 g/mol. The first kappa shape index (κ1) is 24.7. The predicted molar refractivity (Wildman–Crippen MR) is 130 cm³/mol. The highest BCUT2D eigenvalue weighted by atomic mass is 35.5. The number of nitrogens with one attached hydrogen (secondary N) is 1. The number of hydrogen-bond acceptors (Lipinski definition) is 9. The normalized spacial score (nSPS) is 23.6. The van der Waals surface area contributed by atoms with Gasteiger partial charge in [0.05, 0.1) is 29.6 Å². The zero-order chi connectivity index (χ0) is 26.4. The Morgan fingerprint density at radius 3 is 2.61 bits per heavy atom. The number of halogens is 3. The fraction of sp³-hybridized carbons (Fsp3) is 0.458. The molecule has 200 valence electrons. The number of carbonyl (C=O) groups is 1. The van der Waals surface area contributed by atoms with Crippen molar-refractivity contribution in [2.24, 2.45) is 11.8 Å². The molecule has 1 saturated carbocycles. The number of likely N-dealkylation sites (tertiary alicyclic amines) is 1. The summed E-state index contributed by atoms with van der Waals surface area (Å²) in [5.41, 5.74) is -0.193.